The largest absolute Gasteiger partial charge is 0.352 e. The van der Waals surface area contributed by atoms with Crippen LogP contribution in [0.1, 0.15) is 12.0 Å². The maximum absolute atomic E-state index is 12.5. The molecule has 1 fully saturated rings. The second-order valence-electron chi connectivity index (χ2n) is 6.57. The van der Waals surface area contributed by atoms with E-state index in [0.717, 1.165) is 49.3 Å². The minimum atomic E-state index is 0.237. The van der Waals surface area contributed by atoms with Crippen LogP contribution in [0, 0.1) is 0 Å². The minimum absolute atomic E-state index is 0.237. The molecule has 0 unspecified atom stereocenters. The molecule has 2 aromatic carbocycles. The number of rotatable bonds is 4. The van der Waals surface area contributed by atoms with Gasteiger partial charge in [0.1, 0.15) is 12.1 Å². The van der Waals surface area contributed by atoms with Crippen molar-refractivity contribution >= 4 is 22.6 Å². The molecule has 1 aliphatic rings. The molecule has 0 radical (unpaired) electrons. The van der Waals surface area contributed by atoms with Crippen molar-refractivity contribution in [3.05, 3.63) is 66.5 Å². The monoisotopic (exact) mass is 346 g/mol. The van der Waals surface area contributed by atoms with Crippen LogP contribution in [0.15, 0.2) is 60.9 Å². The molecule has 1 aliphatic heterocycles. The molecule has 5 nitrogen and oxygen atoms in total. The van der Waals surface area contributed by atoms with Gasteiger partial charge in [0.2, 0.25) is 5.91 Å². The number of aryl methyl sites for hydroxylation is 1. The Kier molecular flexibility index (Phi) is 4.78. The smallest absolute Gasteiger partial charge is 0.223 e. The molecule has 1 saturated heterocycles. The number of hydrogen-bond donors (Lipinski definition) is 0. The second-order valence-corrected chi connectivity index (χ2v) is 6.57. The van der Waals surface area contributed by atoms with Crippen LogP contribution >= 0.6 is 0 Å². The summed E-state index contributed by atoms with van der Waals surface area (Å²) in [6.45, 7) is 3.09. The number of nitrogens with zero attached hydrogens (tertiary/aromatic N) is 4. The van der Waals surface area contributed by atoms with Gasteiger partial charge in [-0.25, -0.2) is 9.97 Å². The highest BCUT2D eigenvalue weighted by atomic mass is 16.2. The Balaban J connectivity index is 1.37. The van der Waals surface area contributed by atoms with Gasteiger partial charge in [0.05, 0.1) is 5.52 Å². The molecule has 0 saturated carbocycles. The Morgan fingerprint density at radius 2 is 1.62 bits per heavy atom. The molecule has 26 heavy (non-hydrogen) atoms. The van der Waals surface area contributed by atoms with E-state index in [1.54, 1.807) is 6.33 Å². The van der Waals surface area contributed by atoms with Crippen molar-refractivity contribution < 1.29 is 4.79 Å². The number of para-hydroxylation sites is 1. The maximum Gasteiger partial charge on any atom is 0.223 e. The minimum Gasteiger partial charge on any atom is -0.352 e. The maximum atomic E-state index is 12.5. The fourth-order valence-electron chi connectivity index (χ4n) is 3.46. The normalized spacial score (nSPS) is 14.6. The lowest BCUT2D eigenvalue weighted by Crippen LogP contribution is -2.49. The SMILES string of the molecule is O=C(CCc1ccccc1)N1CCN(c2ncnc3ccccc23)CC1. The first-order chi connectivity index (χ1) is 12.8. The van der Waals surface area contributed by atoms with Crippen molar-refractivity contribution in [3.8, 4) is 0 Å². The third kappa shape index (κ3) is 3.52. The molecule has 3 aromatic rings. The quantitative estimate of drug-likeness (QED) is 0.729. The summed E-state index contributed by atoms with van der Waals surface area (Å²) in [4.78, 5) is 25.6. The first-order valence-corrected chi connectivity index (χ1v) is 9.08. The van der Waals surface area contributed by atoms with Crippen molar-refractivity contribution in [1.82, 2.24) is 14.9 Å². The average molecular weight is 346 g/mol. The Labute approximate surface area is 153 Å². The Hall–Kier alpha value is -2.95. The summed E-state index contributed by atoms with van der Waals surface area (Å²) in [6.07, 6.45) is 2.99. The predicted octanol–water partition coefficient (Wildman–Crippen LogP) is 2.91. The molecular weight excluding hydrogens is 324 g/mol. The summed E-state index contributed by atoms with van der Waals surface area (Å²) in [6, 6.07) is 18.3. The first-order valence-electron chi connectivity index (χ1n) is 9.08. The van der Waals surface area contributed by atoms with E-state index >= 15 is 0 Å². The van der Waals surface area contributed by atoms with E-state index in [1.807, 2.05) is 41.3 Å². The predicted molar refractivity (Wildman–Crippen MR) is 103 cm³/mol. The topological polar surface area (TPSA) is 49.3 Å². The number of carbonyl (C=O) groups excluding carboxylic acids is 1. The third-order valence-corrected chi connectivity index (χ3v) is 4.92. The Morgan fingerprint density at radius 1 is 0.885 bits per heavy atom. The number of carbonyl (C=O) groups is 1. The molecule has 132 valence electrons. The van der Waals surface area contributed by atoms with Crippen LogP contribution in [0.25, 0.3) is 10.9 Å². The lowest BCUT2D eigenvalue weighted by Gasteiger charge is -2.35. The van der Waals surface area contributed by atoms with Gasteiger partial charge in [-0.1, -0.05) is 42.5 Å². The van der Waals surface area contributed by atoms with Crippen molar-refractivity contribution in [2.45, 2.75) is 12.8 Å². The van der Waals surface area contributed by atoms with E-state index in [9.17, 15) is 4.79 Å². The van der Waals surface area contributed by atoms with Crippen molar-refractivity contribution in [2.75, 3.05) is 31.1 Å². The summed E-state index contributed by atoms with van der Waals surface area (Å²) in [7, 11) is 0. The number of hydrogen-bond acceptors (Lipinski definition) is 4. The molecular formula is C21H22N4O. The van der Waals surface area contributed by atoms with E-state index in [4.69, 9.17) is 0 Å². The van der Waals surface area contributed by atoms with E-state index in [2.05, 4.69) is 33.1 Å². The summed E-state index contributed by atoms with van der Waals surface area (Å²) in [5, 5.41) is 1.07. The van der Waals surface area contributed by atoms with E-state index in [1.165, 1.54) is 5.56 Å². The summed E-state index contributed by atoms with van der Waals surface area (Å²) in [5.74, 6) is 1.20. The number of amides is 1. The molecule has 5 heteroatoms. The first kappa shape index (κ1) is 16.5. The van der Waals surface area contributed by atoms with Crippen LogP contribution in [0.2, 0.25) is 0 Å². The van der Waals surface area contributed by atoms with Crippen LogP contribution in [0.5, 0.6) is 0 Å². The molecule has 0 atom stereocenters. The zero-order chi connectivity index (χ0) is 17.8. The third-order valence-electron chi connectivity index (χ3n) is 4.92. The van der Waals surface area contributed by atoms with Crippen molar-refractivity contribution in [1.29, 1.82) is 0 Å². The highest BCUT2D eigenvalue weighted by molar-refractivity contribution is 5.89. The van der Waals surface area contributed by atoms with Gasteiger partial charge < -0.3 is 9.80 Å². The van der Waals surface area contributed by atoms with Gasteiger partial charge in [-0.2, -0.15) is 0 Å². The number of anilines is 1. The molecule has 2 heterocycles. The van der Waals surface area contributed by atoms with Gasteiger partial charge >= 0.3 is 0 Å². The molecule has 0 spiro atoms. The van der Waals surface area contributed by atoms with Crippen molar-refractivity contribution in [2.24, 2.45) is 0 Å². The number of aromatic nitrogens is 2. The summed E-state index contributed by atoms with van der Waals surface area (Å²) >= 11 is 0. The van der Waals surface area contributed by atoms with Crippen molar-refractivity contribution in [3.63, 3.8) is 0 Å². The van der Waals surface area contributed by atoms with Crippen LogP contribution in [0.4, 0.5) is 5.82 Å². The molecule has 4 rings (SSSR count). The van der Waals surface area contributed by atoms with Gasteiger partial charge in [0, 0.05) is 38.0 Å². The highest BCUT2D eigenvalue weighted by Crippen LogP contribution is 2.23. The zero-order valence-electron chi connectivity index (χ0n) is 14.7. The van der Waals surface area contributed by atoms with E-state index in [0.29, 0.717) is 6.42 Å². The van der Waals surface area contributed by atoms with Gasteiger partial charge in [-0.15, -0.1) is 0 Å². The number of piperazine rings is 1. The summed E-state index contributed by atoms with van der Waals surface area (Å²) in [5.41, 5.74) is 2.17. The van der Waals surface area contributed by atoms with Gasteiger partial charge in [0.15, 0.2) is 0 Å². The van der Waals surface area contributed by atoms with E-state index in [-0.39, 0.29) is 5.91 Å². The summed E-state index contributed by atoms with van der Waals surface area (Å²) < 4.78 is 0. The number of benzene rings is 2. The molecule has 1 aromatic heterocycles. The lowest BCUT2D eigenvalue weighted by molar-refractivity contribution is -0.131. The van der Waals surface area contributed by atoms with E-state index < -0.39 is 0 Å². The molecule has 0 N–H and O–H groups in total. The Morgan fingerprint density at radius 3 is 2.42 bits per heavy atom. The molecule has 1 amide bonds. The highest BCUT2D eigenvalue weighted by Gasteiger charge is 2.22. The fraction of sp³-hybridized carbons (Fsp3) is 0.286. The zero-order valence-corrected chi connectivity index (χ0v) is 14.7. The van der Waals surface area contributed by atoms with Crippen LogP contribution in [-0.2, 0) is 11.2 Å². The number of fused-ring (bicyclic) bond motifs is 1. The molecule has 0 aliphatic carbocycles. The van der Waals surface area contributed by atoms with Gasteiger partial charge in [-0.3, -0.25) is 4.79 Å². The standard InChI is InChI=1S/C21H22N4O/c26-20(11-10-17-6-2-1-3-7-17)24-12-14-25(15-13-24)21-18-8-4-5-9-19(18)22-16-23-21/h1-9,16H,10-15H2. The molecule has 0 bridgehead atoms. The Bertz CT molecular complexity index is 883. The van der Waals surface area contributed by atoms with Gasteiger partial charge in [0.25, 0.3) is 0 Å². The van der Waals surface area contributed by atoms with Gasteiger partial charge in [-0.05, 0) is 24.1 Å². The average Bonchev–Trinajstić information content (AvgIpc) is 2.72. The van der Waals surface area contributed by atoms with Crippen LogP contribution in [-0.4, -0.2) is 47.0 Å². The fourth-order valence-corrected chi connectivity index (χ4v) is 3.46. The lowest BCUT2D eigenvalue weighted by atomic mass is 10.1. The second kappa shape index (κ2) is 7.52. The van der Waals surface area contributed by atoms with Crippen LogP contribution in [0.3, 0.4) is 0 Å². The van der Waals surface area contributed by atoms with Crippen LogP contribution < -0.4 is 4.90 Å².